The Morgan fingerprint density at radius 1 is 1.30 bits per heavy atom. The molecular formula is C21H19ClFN5O2. The number of halogens is 2. The molecule has 0 aliphatic heterocycles. The number of carbonyl (C=O) groups is 1. The Morgan fingerprint density at radius 2 is 2.03 bits per heavy atom. The summed E-state index contributed by atoms with van der Waals surface area (Å²) in [5.74, 6) is -1.31. The van der Waals surface area contributed by atoms with Crippen LogP contribution in [0, 0.1) is 12.7 Å². The molecule has 2 aromatic heterocycles. The highest BCUT2D eigenvalue weighted by Crippen LogP contribution is 2.31. The van der Waals surface area contributed by atoms with Crippen LogP contribution in [-0.2, 0) is 7.05 Å². The summed E-state index contributed by atoms with van der Waals surface area (Å²) < 4.78 is 17.0. The molecule has 1 atom stereocenters. The second kappa shape index (κ2) is 7.14. The summed E-state index contributed by atoms with van der Waals surface area (Å²) in [6.45, 7) is 3.68. The molecule has 0 aliphatic carbocycles. The second-order valence-electron chi connectivity index (χ2n) is 7.20. The lowest BCUT2D eigenvalue weighted by Crippen LogP contribution is -2.22. The van der Waals surface area contributed by atoms with Crippen molar-refractivity contribution >= 4 is 39.7 Å². The van der Waals surface area contributed by atoms with Gasteiger partial charge in [0.1, 0.15) is 17.8 Å². The maximum absolute atomic E-state index is 13.6. The first-order chi connectivity index (χ1) is 14.2. The molecule has 154 valence electrons. The van der Waals surface area contributed by atoms with Crippen LogP contribution >= 0.6 is 11.6 Å². The molecule has 2 heterocycles. The molecule has 0 saturated carbocycles. The van der Waals surface area contributed by atoms with Crippen molar-refractivity contribution in [3.05, 3.63) is 74.7 Å². The Morgan fingerprint density at radius 3 is 2.73 bits per heavy atom. The van der Waals surface area contributed by atoms with Gasteiger partial charge in [0.05, 0.1) is 28.2 Å². The number of fused-ring (bicyclic) bond motifs is 3. The normalized spacial score (nSPS) is 12.4. The van der Waals surface area contributed by atoms with Gasteiger partial charge in [-0.15, -0.1) is 0 Å². The number of nitrogens with one attached hydrogen (secondary N) is 1. The molecule has 1 amide bonds. The topological polar surface area (TPSA) is 94.4 Å². The Kier molecular flexibility index (Phi) is 4.74. The highest BCUT2D eigenvalue weighted by Gasteiger charge is 2.20. The summed E-state index contributed by atoms with van der Waals surface area (Å²) in [6.07, 6.45) is 1.66. The number of aryl methyl sites for hydroxylation is 2. The highest BCUT2D eigenvalue weighted by atomic mass is 35.5. The van der Waals surface area contributed by atoms with Crippen LogP contribution in [0.5, 0.6) is 0 Å². The fourth-order valence-electron chi connectivity index (χ4n) is 3.82. The van der Waals surface area contributed by atoms with Crippen LogP contribution in [0.25, 0.3) is 16.6 Å². The number of nitrogens with two attached hydrogens (primary N) is 1. The molecule has 0 radical (unpaired) electrons. The molecule has 0 spiro atoms. The molecule has 2 aromatic carbocycles. The number of hydrogen-bond donors (Lipinski definition) is 2. The number of imidazole rings is 1. The minimum absolute atomic E-state index is 0.0349. The number of amides is 1. The fraction of sp³-hybridized carbons (Fsp3) is 0.190. The number of benzene rings is 2. The van der Waals surface area contributed by atoms with Crippen LogP contribution in [0.1, 0.15) is 34.6 Å². The van der Waals surface area contributed by atoms with Crippen LogP contribution in [0.4, 0.5) is 10.1 Å². The highest BCUT2D eigenvalue weighted by molar-refractivity contribution is 6.31. The monoisotopic (exact) mass is 427 g/mol. The summed E-state index contributed by atoms with van der Waals surface area (Å²) in [5, 5.41) is 4.03. The van der Waals surface area contributed by atoms with Gasteiger partial charge < -0.3 is 11.1 Å². The molecule has 0 saturated heterocycles. The molecule has 4 aromatic rings. The molecule has 0 bridgehead atoms. The summed E-state index contributed by atoms with van der Waals surface area (Å²) >= 11 is 6.33. The first kappa shape index (κ1) is 19.9. The second-order valence-corrected chi connectivity index (χ2v) is 7.64. The van der Waals surface area contributed by atoms with Crippen LogP contribution < -0.4 is 16.6 Å². The van der Waals surface area contributed by atoms with Crippen molar-refractivity contribution in [1.82, 2.24) is 14.0 Å². The van der Waals surface area contributed by atoms with Gasteiger partial charge in [0.25, 0.3) is 11.5 Å². The lowest BCUT2D eigenvalue weighted by molar-refractivity contribution is 0.100. The minimum atomic E-state index is -0.748. The molecule has 30 heavy (non-hydrogen) atoms. The Hall–Kier alpha value is -3.39. The van der Waals surface area contributed by atoms with Crippen molar-refractivity contribution in [1.29, 1.82) is 0 Å². The molecular weight excluding hydrogens is 409 g/mol. The van der Waals surface area contributed by atoms with E-state index in [2.05, 4.69) is 10.3 Å². The quantitative estimate of drug-likeness (QED) is 0.520. The van der Waals surface area contributed by atoms with Crippen LogP contribution in [0.2, 0.25) is 5.02 Å². The van der Waals surface area contributed by atoms with Crippen molar-refractivity contribution in [3.63, 3.8) is 0 Å². The number of rotatable bonds is 4. The third kappa shape index (κ3) is 3.09. The maximum Gasteiger partial charge on any atom is 0.261 e. The Balaban J connectivity index is 1.95. The number of carbonyl (C=O) groups excluding carboxylic acids is 1. The van der Waals surface area contributed by atoms with E-state index in [1.54, 1.807) is 25.5 Å². The predicted octanol–water partition coefficient (Wildman–Crippen LogP) is 3.56. The molecule has 9 heteroatoms. The van der Waals surface area contributed by atoms with Gasteiger partial charge in [-0.25, -0.2) is 9.37 Å². The third-order valence-corrected chi connectivity index (χ3v) is 5.42. The van der Waals surface area contributed by atoms with E-state index in [4.69, 9.17) is 17.3 Å². The van der Waals surface area contributed by atoms with Gasteiger partial charge in [-0.05, 0) is 44.2 Å². The third-order valence-electron chi connectivity index (χ3n) is 5.20. The average Bonchev–Trinajstić information content (AvgIpc) is 3.08. The van der Waals surface area contributed by atoms with Crippen molar-refractivity contribution < 1.29 is 9.18 Å². The SMILES string of the molecule is Cc1ncn2c3c(C(C)Nc4ccc(F)cc4C(N)=O)cc(Cl)cc3c(=O)n(C)c12. The maximum atomic E-state index is 13.6. The zero-order chi connectivity index (χ0) is 21.7. The fourth-order valence-corrected chi connectivity index (χ4v) is 4.04. The average molecular weight is 428 g/mol. The van der Waals surface area contributed by atoms with E-state index in [0.29, 0.717) is 33.0 Å². The number of nitrogens with zero attached hydrogens (tertiary/aromatic N) is 3. The Labute approximate surface area is 175 Å². The van der Waals surface area contributed by atoms with Crippen LogP contribution in [-0.4, -0.2) is 19.9 Å². The van der Waals surface area contributed by atoms with Crippen molar-refractivity contribution in [3.8, 4) is 0 Å². The van der Waals surface area contributed by atoms with E-state index in [9.17, 15) is 14.0 Å². The lowest BCUT2D eigenvalue weighted by atomic mass is 10.0. The number of anilines is 1. The summed E-state index contributed by atoms with van der Waals surface area (Å²) in [5.41, 5.74) is 8.38. The standard InChI is InChI=1S/C21H19ClFN5O2/c1-10(26-17-5-4-13(23)8-15(17)19(24)29)14-6-12(22)7-16-18(14)28-9-25-11(2)20(28)27(3)21(16)30/h4-10,26H,1-3H3,(H2,24,29). The van der Waals surface area contributed by atoms with Gasteiger partial charge in [-0.2, -0.15) is 0 Å². The number of hydrogen-bond acceptors (Lipinski definition) is 4. The van der Waals surface area contributed by atoms with E-state index in [0.717, 1.165) is 11.6 Å². The van der Waals surface area contributed by atoms with E-state index < -0.39 is 17.8 Å². The van der Waals surface area contributed by atoms with Crippen molar-refractivity contribution in [2.75, 3.05) is 5.32 Å². The van der Waals surface area contributed by atoms with E-state index in [1.165, 1.54) is 16.7 Å². The van der Waals surface area contributed by atoms with Gasteiger partial charge in [0.15, 0.2) is 0 Å². The molecule has 7 nitrogen and oxygen atoms in total. The van der Waals surface area contributed by atoms with Gasteiger partial charge in [0, 0.05) is 23.3 Å². The van der Waals surface area contributed by atoms with Gasteiger partial charge >= 0.3 is 0 Å². The van der Waals surface area contributed by atoms with E-state index >= 15 is 0 Å². The summed E-state index contributed by atoms with van der Waals surface area (Å²) in [6, 6.07) is 6.76. The zero-order valence-corrected chi connectivity index (χ0v) is 17.3. The van der Waals surface area contributed by atoms with Gasteiger partial charge in [-0.1, -0.05) is 11.6 Å². The minimum Gasteiger partial charge on any atom is -0.378 e. The number of primary amides is 1. The van der Waals surface area contributed by atoms with Gasteiger partial charge in [-0.3, -0.25) is 18.6 Å². The predicted molar refractivity (Wildman–Crippen MR) is 115 cm³/mol. The molecule has 3 N–H and O–H groups in total. The van der Waals surface area contributed by atoms with E-state index in [-0.39, 0.29) is 11.1 Å². The van der Waals surface area contributed by atoms with Crippen LogP contribution in [0.3, 0.4) is 0 Å². The first-order valence-electron chi connectivity index (χ1n) is 9.20. The largest absolute Gasteiger partial charge is 0.378 e. The Bertz CT molecular complexity index is 1390. The van der Waals surface area contributed by atoms with Crippen LogP contribution in [0.15, 0.2) is 41.5 Å². The molecule has 0 fully saturated rings. The molecule has 0 aliphatic rings. The molecule has 4 rings (SSSR count). The van der Waals surface area contributed by atoms with Crippen molar-refractivity contribution in [2.24, 2.45) is 12.8 Å². The van der Waals surface area contributed by atoms with Crippen molar-refractivity contribution in [2.45, 2.75) is 19.9 Å². The first-order valence-corrected chi connectivity index (χ1v) is 9.58. The van der Waals surface area contributed by atoms with Gasteiger partial charge in [0.2, 0.25) is 0 Å². The smallest absolute Gasteiger partial charge is 0.261 e. The summed E-state index contributed by atoms with van der Waals surface area (Å²) in [4.78, 5) is 29.1. The number of aromatic nitrogens is 3. The molecule has 1 unspecified atom stereocenters. The lowest BCUT2D eigenvalue weighted by Gasteiger charge is -2.21. The van der Waals surface area contributed by atoms with E-state index in [1.807, 2.05) is 18.2 Å². The zero-order valence-electron chi connectivity index (χ0n) is 16.5. The summed E-state index contributed by atoms with van der Waals surface area (Å²) in [7, 11) is 1.69.